The lowest BCUT2D eigenvalue weighted by Crippen LogP contribution is -2.35. The first-order valence-electron chi connectivity index (χ1n) is 10.0. The Balaban J connectivity index is 1.77. The Kier molecular flexibility index (Phi) is 7.05. The highest BCUT2D eigenvalue weighted by Crippen LogP contribution is 2.31. The average molecular weight is 462 g/mol. The van der Waals surface area contributed by atoms with Crippen LogP contribution in [-0.2, 0) is 14.8 Å². The van der Waals surface area contributed by atoms with E-state index in [0.717, 1.165) is 9.87 Å². The van der Waals surface area contributed by atoms with E-state index >= 15 is 0 Å². The highest BCUT2D eigenvalue weighted by molar-refractivity contribution is 7.94. The van der Waals surface area contributed by atoms with Crippen molar-refractivity contribution in [3.05, 3.63) is 53.6 Å². The van der Waals surface area contributed by atoms with E-state index in [0.29, 0.717) is 18.0 Å². The van der Waals surface area contributed by atoms with E-state index in [-0.39, 0.29) is 35.4 Å². The third-order valence-electron chi connectivity index (χ3n) is 5.29. The molecule has 2 aromatic carbocycles. The minimum atomic E-state index is -3.69. The second-order valence-electron chi connectivity index (χ2n) is 7.58. The minimum absolute atomic E-state index is 0.0609. The summed E-state index contributed by atoms with van der Waals surface area (Å²) in [5.41, 5.74) is 1.36. The van der Waals surface area contributed by atoms with Gasteiger partial charge in [0, 0.05) is 18.5 Å². The normalized spacial score (nSPS) is 16.2. The van der Waals surface area contributed by atoms with Crippen molar-refractivity contribution in [1.29, 1.82) is 0 Å². The van der Waals surface area contributed by atoms with Crippen LogP contribution in [0.25, 0.3) is 0 Å². The lowest BCUT2D eigenvalue weighted by Gasteiger charge is -2.26. The van der Waals surface area contributed by atoms with Gasteiger partial charge in [0.05, 0.1) is 31.7 Å². The van der Waals surface area contributed by atoms with Crippen molar-refractivity contribution in [3.8, 4) is 11.5 Å². The number of hydrogen-bond donors (Lipinski definition) is 1. The van der Waals surface area contributed by atoms with Gasteiger partial charge in [-0.05, 0) is 50.0 Å². The Hall–Kier alpha value is -3.11. The second kappa shape index (κ2) is 9.58. The van der Waals surface area contributed by atoms with Crippen LogP contribution in [0.4, 0.5) is 5.69 Å². The molecule has 0 spiro atoms. The number of carbonyl (C=O) groups is 2. The summed E-state index contributed by atoms with van der Waals surface area (Å²) in [4.78, 5) is 26.8. The van der Waals surface area contributed by atoms with Crippen LogP contribution in [0, 0.1) is 0 Å². The van der Waals surface area contributed by atoms with E-state index in [1.165, 1.54) is 12.1 Å². The molecule has 0 aromatic heterocycles. The van der Waals surface area contributed by atoms with Gasteiger partial charge in [-0.3, -0.25) is 9.59 Å². The van der Waals surface area contributed by atoms with Gasteiger partial charge in [0.1, 0.15) is 0 Å². The van der Waals surface area contributed by atoms with Crippen LogP contribution in [0.2, 0.25) is 0 Å². The highest BCUT2D eigenvalue weighted by Gasteiger charge is 2.36. The van der Waals surface area contributed by atoms with Crippen molar-refractivity contribution in [2.24, 2.45) is 0 Å². The number of hydrogen-bond acceptors (Lipinski definition) is 7. The number of sulfonamides is 1. The number of likely N-dealkylation sites (N-methyl/N-ethyl adjacent to an activating group) is 1. The topological polar surface area (TPSA) is 105 Å². The molecule has 2 amide bonds. The first-order chi connectivity index (χ1) is 15.2. The number of nitrogens with one attached hydrogen (secondary N) is 1. The predicted octanol–water partition coefficient (Wildman–Crippen LogP) is 1.80. The van der Waals surface area contributed by atoms with Gasteiger partial charge in [-0.1, -0.05) is 12.1 Å². The van der Waals surface area contributed by atoms with Crippen LogP contribution in [-0.4, -0.2) is 65.7 Å². The fourth-order valence-electron chi connectivity index (χ4n) is 3.59. The molecule has 1 N–H and O–H groups in total. The van der Waals surface area contributed by atoms with Crippen LogP contribution >= 0.6 is 0 Å². The summed E-state index contributed by atoms with van der Waals surface area (Å²) in [6.07, 6.45) is -0.0609. The molecule has 1 aliphatic rings. The number of anilines is 1. The monoisotopic (exact) mass is 461 g/mol. The molecule has 1 fully saturated rings. The van der Waals surface area contributed by atoms with Gasteiger partial charge < -0.3 is 19.7 Å². The van der Waals surface area contributed by atoms with Crippen LogP contribution < -0.4 is 19.1 Å². The Bertz CT molecular complexity index is 1120. The zero-order valence-corrected chi connectivity index (χ0v) is 19.3. The van der Waals surface area contributed by atoms with Gasteiger partial charge >= 0.3 is 0 Å². The molecule has 1 saturated heterocycles. The molecule has 0 radical (unpaired) electrons. The SMILES string of the molecule is COc1ccc(C(CNC(=O)c2cccc(N3C(=O)CCS3(=O)=O)c2)N(C)C)cc1OC. The number of amides is 2. The maximum absolute atomic E-state index is 12.8. The molecule has 3 rings (SSSR count). The Morgan fingerprint density at radius 1 is 1.12 bits per heavy atom. The molecular weight excluding hydrogens is 434 g/mol. The zero-order valence-electron chi connectivity index (χ0n) is 18.5. The predicted molar refractivity (Wildman–Crippen MR) is 121 cm³/mol. The first-order valence-corrected chi connectivity index (χ1v) is 11.6. The molecule has 1 heterocycles. The summed E-state index contributed by atoms with van der Waals surface area (Å²) in [6, 6.07) is 11.5. The summed E-state index contributed by atoms with van der Waals surface area (Å²) in [6.45, 7) is 0.298. The molecular formula is C22H27N3O6S. The van der Waals surface area contributed by atoms with Crippen LogP contribution in [0.1, 0.15) is 28.4 Å². The maximum Gasteiger partial charge on any atom is 0.251 e. The smallest absolute Gasteiger partial charge is 0.251 e. The standard InChI is InChI=1S/C22H27N3O6S/c1-24(2)18(15-8-9-19(30-3)20(13-15)31-4)14-23-22(27)16-6-5-7-17(12-16)25-21(26)10-11-32(25,28)29/h5-9,12-13,18H,10-11,14H2,1-4H3,(H,23,27). The van der Waals surface area contributed by atoms with Gasteiger partial charge in [-0.2, -0.15) is 0 Å². The van der Waals surface area contributed by atoms with Crippen LogP contribution in [0.5, 0.6) is 11.5 Å². The summed E-state index contributed by atoms with van der Waals surface area (Å²) in [7, 11) is 3.24. The molecule has 2 aromatic rings. The van der Waals surface area contributed by atoms with E-state index in [1.54, 1.807) is 26.4 Å². The number of nitrogens with zero attached hydrogens (tertiary/aromatic N) is 2. The molecule has 0 saturated carbocycles. The Morgan fingerprint density at radius 2 is 1.84 bits per heavy atom. The van der Waals surface area contributed by atoms with Gasteiger partial charge in [-0.25, -0.2) is 12.7 Å². The Labute approximate surface area is 188 Å². The molecule has 10 heteroatoms. The summed E-state index contributed by atoms with van der Waals surface area (Å²) >= 11 is 0. The number of benzene rings is 2. The zero-order chi connectivity index (χ0) is 23.5. The number of rotatable bonds is 8. The van der Waals surface area contributed by atoms with Crippen LogP contribution in [0.3, 0.4) is 0 Å². The van der Waals surface area contributed by atoms with Crippen molar-refractivity contribution in [2.75, 3.05) is 44.9 Å². The minimum Gasteiger partial charge on any atom is -0.493 e. The average Bonchev–Trinajstić information content (AvgIpc) is 3.05. The number of carbonyl (C=O) groups excluding carboxylic acids is 2. The molecule has 172 valence electrons. The molecule has 1 atom stereocenters. The fourth-order valence-corrected chi connectivity index (χ4v) is 5.04. The van der Waals surface area contributed by atoms with E-state index < -0.39 is 15.9 Å². The van der Waals surface area contributed by atoms with E-state index in [4.69, 9.17) is 9.47 Å². The van der Waals surface area contributed by atoms with E-state index in [9.17, 15) is 18.0 Å². The Morgan fingerprint density at radius 3 is 2.44 bits per heavy atom. The number of methoxy groups -OCH3 is 2. The molecule has 9 nitrogen and oxygen atoms in total. The second-order valence-corrected chi connectivity index (χ2v) is 9.52. The first kappa shape index (κ1) is 23.6. The quantitative estimate of drug-likeness (QED) is 0.639. The lowest BCUT2D eigenvalue weighted by molar-refractivity contribution is -0.116. The van der Waals surface area contributed by atoms with Crippen molar-refractivity contribution in [3.63, 3.8) is 0 Å². The van der Waals surface area contributed by atoms with Gasteiger partial charge in [0.25, 0.3) is 5.91 Å². The van der Waals surface area contributed by atoms with Crippen LogP contribution in [0.15, 0.2) is 42.5 Å². The summed E-state index contributed by atoms with van der Waals surface area (Å²) in [5, 5.41) is 2.89. The summed E-state index contributed by atoms with van der Waals surface area (Å²) in [5.74, 6) is 0.109. The highest BCUT2D eigenvalue weighted by atomic mass is 32.2. The number of ether oxygens (including phenoxy) is 2. The third-order valence-corrected chi connectivity index (χ3v) is 6.98. The van der Waals surface area contributed by atoms with Gasteiger partial charge in [-0.15, -0.1) is 0 Å². The van der Waals surface area contributed by atoms with Crippen molar-refractivity contribution in [1.82, 2.24) is 10.2 Å². The largest absolute Gasteiger partial charge is 0.493 e. The molecule has 1 aliphatic heterocycles. The van der Waals surface area contributed by atoms with Crippen molar-refractivity contribution < 1.29 is 27.5 Å². The lowest BCUT2D eigenvalue weighted by atomic mass is 10.0. The van der Waals surface area contributed by atoms with Gasteiger partial charge in [0.15, 0.2) is 11.5 Å². The molecule has 1 unspecified atom stereocenters. The third kappa shape index (κ3) is 4.86. The van der Waals surface area contributed by atoms with Gasteiger partial charge in [0.2, 0.25) is 15.9 Å². The molecule has 0 bridgehead atoms. The van der Waals surface area contributed by atoms with Crippen molar-refractivity contribution >= 4 is 27.5 Å². The van der Waals surface area contributed by atoms with E-state index in [1.807, 2.05) is 37.2 Å². The molecule has 0 aliphatic carbocycles. The van der Waals surface area contributed by atoms with E-state index in [2.05, 4.69) is 5.32 Å². The summed E-state index contributed by atoms with van der Waals surface area (Å²) < 4.78 is 35.8. The maximum atomic E-state index is 12.8. The molecule has 32 heavy (non-hydrogen) atoms. The fraction of sp³-hybridized carbons (Fsp3) is 0.364. The van der Waals surface area contributed by atoms with Crippen molar-refractivity contribution in [2.45, 2.75) is 12.5 Å².